The summed E-state index contributed by atoms with van der Waals surface area (Å²) in [4.78, 5) is 14.2. The van der Waals surface area contributed by atoms with Gasteiger partial charge in [-0.05, 0) is 24.6 Å². The van der Waals surface area contributed by atoms with E-state index in [1.165, 1.54) is 0 Å². The molecular formula is C12H13ClN2O2. The number of fused-ring (bicyclic) bond motifs is 1. The van der Waals surface area contributed by atoms with Gasteiger partial charge in [-0.2, -0.15) is 0 Å². The number of methoxy groups -OCH3 is 1. The highest BCUT2D eigenvalue weighted by atomic mass is 35.5. The number of H-pyrrole nitrogens is 1. The van der Waals surface area contributed by atoms with Crippen LogP contribution in [0, 0.1) is 6.92 Å². The van der Waals surface area contributed by atoms with Crippen LogP contribution >= 0.6 is 11.6 Å². The van der Waals surface area contributed by atoms with Crippen molar-refractivity contribution >= 4 is 28.4 Å². The second-order valence-corrected chi connectivity index (χ2v) is 4.28. The average Bonchev–Trinajstić information content (AvgIpc) is 2.58. The normalized spacial score (nSPS) is 10.8. The minimum atomic E-state index is -0.379. The quantitative estimate of drug-likeness (QED) is 0.879. The summed E-state index contributed by atoms with van der Waals surface area (Å²) < 4.78 is 5.29. The van der Waals surface area contributed by atoms with Gasteiger partial charge in [0.2, 0.25) is 5.91 Å². The highest BCUT2D eigenvalue weighted by molar-refractivity contribution is 6.35. The summed E-state index contributed by atoms with van der Waals surface area (Å²) in [5.41, 5.74) is 7.74. The van der Waals surface area contributed by atoms with E-state index >= 15 is 0 Å². The number of benzene rings is 1. The van der Waals surface area contributed by atoms with Crippen LogP contribution in [0.15, 0.2) is 12.1 Å². The van der Waals surface area contributed by atoms with Crippen LogP contribution in [0.5, 0.6) is 5.75 Å². The lowest BCUT2D eigenvalue weighted by atomic mass is 10.1. The van der Waals surface area contributed by atoms with E-state index in [1.807, 2.05) is 6.92 Å². The smallest absolute Gasteiger partial charge is 0.221 e. The van der Waals surface area contributed by atoms with E-state index in [0.717, 1.165) is 22.2 Å². The summed E-state index contributed by atoms with van der Waals surface area (Å²) in [6.45, 7) is 1.88. The number of carbonyl (C=O) groups is 1. The third-order valence-corrected chi connectivity index (χ3v) is 3.07. The maximum atomic E-state index is 11.1. The molecule has 1 heterocycles. The maximum Gasteiger partial charge on any atom is 0.221 e. The monoisotopic (exact) mass is 252 g/mol. The molecule has 0 fully saturated rings. The third-order valence-electron chi connectivity index (χ3n) is 2.75. The predicted molar refractivity (Wildman–Crippen MR) is 67.5 cm³/mol. The molecule has 0 aliphatic rings. The van der Waals surface area contributed by atoms with Gasteiger partial charge in [-0.3, -0.25) is 4.79 Å². The topological polar surface area (TPSA) is 68.1 Å². The summed E-state index contributed by atoms with van der Waals surface area (Å²) in [5, 5.41) is 1.43. The average molecular weight is 253 g/mol. The lowest BCUT2D eigenvalue weighted by Gasteiger charge is -2.05. The Kier molecular flexibility index (Phi) is 2.98. The molecule has 5 heteroatoms. The highest BCUT2D eigenvalue weighted by Gasteiger charge is 2.16. The van der Waals surface area contributed by atoms with Crippen LogP contribution in [0.25, 0.3) is 10.9 Å². The number of halogens is 1. The van der Waals surface area contributed by atoms with Gasteiger partial charge in [0, 0.05) is 11.1 Å². The van der Waals surface area contributed by atoms with E-state index in [-0.39, 0.29) is 12.3 Å². The number of aryl methyl sites for hydroxylation is 1. The maximum absolute atomic E-state index is 11.1. The molecule has 3 N–H and O–H groups in total. The molecule has 0 saturated heterocycles. The van der Waals surface area contributed by atoms with E-state index < -0.39 is 0 Å². The molecule has 2 rings (SSSR count). The summed E-state index contributed by atoms with van der Waals surface area (Å²) in [7, 11) is 1.58. The van der Waals surface area contributed by atoms with Crippen molar-refractivity contribution in [2.24, 2.45) is 5.73 Å². The molecule has 1 aromatic heterocycles. The van der Waals surface area contributed by atoms with Crippen LogP contribution in [0.2, 0.25) is 5.02 Å². The van der Waals surface area contributed by atoms with Crippen LogP contribution in [-0.2, 0) is 11.2 Å². The van der Waals surface area contributed by atoms with Crippen molar-refractivity contribution in [3.63, 3.8) is 0 Å². The molecule has 0 spiro atoms. The van der Waals surface area contributed by atoms with E-state index in [4.69, 9.17) is 22.1 Å². The van der Waals surface area contributed by atoms with Crippen molar-refractivity contribution < 1.29 is 9.53 Å². The Labute approximate surface area is 104 Å². The molecule has 90 valence electrons. The van der Waals surface area contributed by atoms with E-state index in [1.54, 1.807) is 19.2 Å². The minimum absolute atomic E-state index is 0.169. The Bertz CT molecular complexity index is 590. The highest BCUT2D eigenvalue weighted by Crippen LogP contribution is 2.35. The fourth-order valence-electron chi connectivity index (χ4n) is 2.00. The second-order valence-electron chi connectivity index (χ2n) is 3.87. The SMILES string of the molecule is COc1ccc(Cl)c2[nH]c(C)c(CC(N)=O)c12. The van der Waals surface area contributed by atoms with Crippen molar-refractivity contribution in [2.45, 2.75) is 13.3 Å². The zero-order valence-corrected chi connectivity index (χ0v) is 10.4. The number of amides is 1. The first-order valence-corrected chi connectivity index (χ1v) is 5.54. The summed E-state index contributed by atoms with van der Waals surface area (Å²) >= 11 is 6.10. The number of primary amides is 1. The third kappa shape index (κ3) is 1.96. The summed E-state index contributed by atoms with van der Waals surface area (Å²) in [5.74, 6) is 0.307. The molecule has 1 aromatic carbocycles. The number of nitrogens with two attached hydrogens (primary N) is 1. The molecule has 0 unspecified atom stereocenters. The first-order chi connectivity index (χ1) is 8.04. The molecule has 1 amide bonds. The fraction of sp³-hybridized carbons (Fsp3) is 0.250. The fourth-order valence-corrected chi connectivity index (χ4v) is 2.20. The number of aromatic amines is 1. The van der Waals surface area contributed by atoms with Crippen LogP contribution in [0.4, 0.5) is 0 Å². The first-order valence-electron chi connectivity index (χ1n) is 5.16. The van der Waals surface area contributed by atoms with Crippen molar-refractivity contribution in [1.82, 2.24) is 4.98 Å². The van der Waals surface area contributed by atoms with Crippen LogP contribution in [0.1, 0.15) is 11.3 Å². The van der Waals surface area contributed by atoms with Gasteiger partial charge in [-0.15, -0.1) is 0 Å². The molecule has 4 nitrogen and oxygen atoms in total. The number of aromatic nitrogens is 1. The van der Waals surface area contributed by atoms with Gasteiger partial charge in [0.25, 0.3) is 0 Å². The summed E-state index contributed by atoms with van der Waals surface area (Å²) in [6, 6.07) is 3.54. The van der Waals surface area contributed by atoms with E-state index in [0.29, 0.717) is 10.8 Å². The molecular weight excluding hydrogens is 240 g/mol. The Morgan fingerprint density at radius 1 is 1.53 bits per heavy atom. The standard InChI is InChI=1S/C12H13ClN2O2/c1-6-7(5-10(14)16)11-9(17-2)4-3-8(13)12(11)15-6/h3-4,15H,5H2,1-2H3,(H2,14,16). The lowest BCUT2D eigenvalue weighted by molar-refractivity contribution is -0.117. The van der Waals surface area contributed by atoms with Gasteiger partial charge < -0.3 is 15.5 Å². The molecule has 0 atom stereocenters. The summed E-state index contributed by atoms with van der Waals surface area (Å²) in [6.07, 6.45) is 0.169. The molecule has 0 bridgehead atoms. The minimum Gasteiger partial charge on any atom is -0.496 e. The number of nitrogens with one attached hydrogen (secondary N) is 1. The van der Waals surface area contributed by atoms with Crippen molar-refractivity contribution in [3.05, 3.63) is 28.4 Å². The predicted octanol–water partition coefficient (Wildman–Crippen LogP) is 2.17. The van der Waals surface area contributed by atoms with Crippen LogP contribution in [-0.4, -0.2) is 18.0 Å². The molecule has 2 aromatic rings. The zero-order chi connectivity index (χ0) is 12.6. The number of rotatable bonds is 3. The van der Waals surface area contributed by atoms with Gasteiger partial charge in [0.05, 0.1) is 24.1 Å². The van der Waals surface area contributed by atoms with Crippen LogP contribution in [0.3, 0.4) is 0 Å². The van der Waals surface area contributed by atoms with Gasteiger partial charge in [-0.1, -0.05) is 11.6 Å². The lowest BCUT2D eigenvalue weighted by Crippen LogP contribution is -2.14. The van der Waals surface area contributed by atoms with Gasteiger partial charge in [0.15, 0.2) is 0 Å². The Hall–Kier alpha value is -1.68. The van der Waals surface area contributed by atoms with E-state index in [2.05, 4.69) is 4.98 Å². The van der Waals surface area contributed by atoms with Crippen molar-refractivity contribution in [3.8, 4) is 5.75 Å². The van der Waals surface area contributed by atoms with Gasteiger partial charge >= 0.3 is 0 Å². The molecule has 17 heavy (non-hydrogen) atoms. The molecule has 0 aliphatic heterocycles. The number of ether oxygens (including phenoxy) is 1. The largest absolute Gasteiger partial charge is 0.496 e. The number of hydrogen-bond donors (Lipinski definition) is 2. The zero-order valence-electron chi connectivity index (χ0n) is 9.63. The van der Waals surface area contributed by atoms with Crippen LogP contribution < -0.4 is 10.5 Å². The van der Waals surface area contributed by atoms with Gasteiger partial charge in [-0.25, -0.2) is 0 Å². The van der Waals surface area contributed by atoms with E-state index in [9.17, 15) is 4.79 Å². The van der Waals surface area contributed by atoms with Gasteiger partial charge in [0.1, 0.15) is 5.75 Å². The first kappa shape index (κ1) is 11.8. The van der Waals surface area contributed by atoms with Crippen molar-refractivity contribution in [1.29, 1.82) is 0 Å². The second kappa shape index (κ2) is 4.30. The Morgan fingerprint density at radius 2 is 2.24 bits per heavy atom. The number of hydrogen-bond acceptors (Lipinski definition) is 2. The van der Waals surface area contributed by atoms with Crippen molar-refractivity contribution in [2.75, 3.05) is 7.11 Å². The Balaban J connectivity index is 2.77. The molecule has 0 saturated carbocycles. The molecule has 0 radical (unpaired) electrons. The Morgan fingerprint density at radius 3 is 2.82 bits per heavy atom. The molecule has 0 aliphatic carbocycles. The number of carbonyl (C=O) groups excluding carboxylic acids is 1.